The van der Waals surface area contributed by atoms with Crippen molar-refractivity contribution in [3.05, 3.63) is 35.4 Å². The molecule has 1 amide bonds. The topological polar surface area (TPSA) is 55.1 Å². The molecular formula is C10H12N2O. The summed E-state index contributed by atoms with van der Waals surface area (Å²) in [5.41, 5.74) is 7.26. The van der Waals surface area contributed by atoms with Gasteiger partial charge in [-0.05, 0) is 18.1 Å². The molecule has 0 saturated heterocycles. The first-order valence-electron chi connectivity index (χ1n) is 4.28. The van der Waals surface area contributed by atoms with Crippen LogP contribution in [0.3, 0.4) is 0 Å². The summed E-state index contributed by atoms with van der Waals surface area (Å²) in [4.78, 5) is 11.3. The maximum absolute atomic E-state index is 11.3. The summed E-state index contributed by atoms with van der Waals surface area (Å²) in [5.74, 6) is -0.0105. The fraction of sp³-hybridized carbons (Fsp3) is 0.300. The zero-order chi connectivity index (χ0) is 9.47. The minimum absolute atomic E-state index is 0.0105. The van der Waals surface area contributed by atoms with Gasteiger partial charge in [0.2, 0.25) is 5.91 Å². The van der Waals surface area contributed by atoms with Crippen molar-refractivity contribution in [1.29, 1.82) is 0 Å². The Morgan fingerprint density at radius 2 is 2.15 bits per heavy atom. The SMILES string of the molecule is CC1(N)NC(=O)Cc2ccccc21. The Hall–Kier alpha value is -1.35. The van der Waals surface area contributed by atoms with Gasteiger partial charge in [-0.15, -0.1) is 0 Å². The molecule has 3 heteroatoms. The molecular weight excluding hydrogens is 164 g/mol. The van der Waals surface area contributed by atoms with E-state index in [1.165, 1.54) is 0 Å². The van der Waals surface area contributed by atoms with Gasteiger partial charge in [0.15, 0.2) is 0 Å². The minimum Gasteiger partial charge on any atom is -0.334 e. The lowest BCUT2D eigenvalue weighted by Gasteiger charge is -2.32. The summed E-state index contributed by atoms with van der Waals surface area (Å²) in [6, 6.07) is 7.75. The molecule has 2 rings (SSSR count). The maximum atomic E-state index is 11.3. The van der Waals surface area contributed by atoms with Crippen molar-refractivity contribution in [3.8, 4) is 0 Å². The predicted octanol–water partition coefficient (Wildman–Crippen LogP) is 0.490. The van der Waals surface area contributed by atoms with Gasteiger partial charge in [0.05, 0.1) is 6.42 Å². The number of hydrogen-bond donors (Lipinski definition) is 2. The summed E-state index contributed by atoms with van der Waals surface area (Å²) in [6.45, 7) is 1.81. The van der Waals surface area contributed by atoms with Crippen molar-refractivity contribution in [1.82, 2.24) is 5.32 Å². The van der Waals surface area contributed by atoms with Crippen molar-refractivity contribution in [2.24, 2.45) is 5.73 Å². The molecule has 0 spiro atoms. The van der Waals surface area contributed by atoms with Crippen molar-refractivity contribution >= 4 is 5.91 Å². The smallest absolute Gasteiger partial charge is 0.226 e. The van der Waals surface area contributed by atoms with Crippen LogP contribution in [0.4, 0.5) is 0 Å². The third-order valence-electron chi connectivity index (χ3n) is 2.33. The molecule has 1 aromatic carbocycles. The van der Waals surface area contributed by atoms with Crippen LogP contribution in [0.15, 0.2) is 24.3 Å². The number of carbonyl (C=O) groups is 1. The van der Waals surface area contributed by atoms with Gasteiger partial charge in [0, 0.05) is 0 Å². The van der Waals surface area contributed by atoms with Crippen LogP contribution < -0.4 is 11.1 Å². The van der Waals surface area contributed by atoms with E-state index in [1.54, 1.807) is 0 Å². The quantitative estimate of drug-likeness (QED) is 0.604. The van der Waals surface area contributed by atoms with Crippen LogP contribution in [0.1, 0.15) is 18.1 Å². The summed E-state index contributed by atoms with van der Waals surface area (Å²) in [5, 5.41) is 2.75. The Labute approximate surface area is 76.9 Å². The van der Waals surface area contributed by atoms with E-state index in [1.807, 2.05) is 31.2 Å². The predicted molar refractivity (Wildman–Crippen MR) is 49.8 cm³/mol. The number of hydrogen-bond acceptors (Lipinski definition) is 2. The first-order valence-corrected chi connectivity index (χ1v) is 4.28. The molecule has 1 aliphatic rings. The highest BCUT2D eigenvalue weighted by atomic mass is 16.1. The lowest BCUT2D eigenvalue weighted by atomic mass is 9.91. The van der Waals surface area contributed by atoms with Gasteiger partial charge >= 0.3 is 0 Å². The Morgan fingerprint density at radius 1 is 1.46 bits per heavy atom. The highest BCUT2D eigenvalue weighted by Gasteiger charge is 2.30. The Bertz CT molecular complexity index is 358. The molecule has 0 aromatic heterocycles. The Balaban J connectivity index is 2.56. The third kappa shape index (κ3) is 1.31. The second-order valence-corrected chi connectivity index (χ2v) is 3.58. The van der Waals surface area contributed by atoms with Gasteiger partial charge in [-0.25, -0.2) is 0 Å². The molecule has 1 aromatic rings. The molecule has 1 atom stereocenters. The highest BCUT2D eigenvalue weighted by molar-refractivity contribution is 5.82. The van der Waals surface area contributed by atoms with Crippen molar-refractivity contribution in [2.45, 2.75) is 19.0 Å². The molecule has 1 unspecified atom stereocenters. The van der Waals surface area contributed by atoms with Crippen LogP contribution in [-0.4, -0.2) is 5.91 Å². The first-order chi connectivity index (χ1) is 6.09. The van der Waals surface area contributed by atoms with E-state index < -0.39 is 5.66 Å². The molecule has 0 bridgehead atoms. The van der Waals surface area contributed by atoms with Crippen LogP contribution in [0.5, 0.6) is 0 Å². The van der Waals surface area contributed by atoms with Gasteiger partial charge in [-0.2, -0.15) is 0 Å². The van der Waals surface area contributed by atoms with Gasteiger partial charge in [-0.3, -0.25) is 4.79 Å². The molecule has 3 nitrogen and oxygen atoms in total. The molecule has 0 saturated carbocycles. The fourth-order valence-corrected chi connectivity index (χ4v) is 1.76. The zero-order valence-electron chi connectivity index (χ0n) is 7.50. The molecule has 13 heavy (non-hydrogen) atoms. The molecule has 3 N–H and O–H groups in total. The van der Waals surface area contributed by atoms with E-state index in [4.69, 9.17) is 5.73 Å². The van der Waals surface area contributed by atoms with Gasteiger partial charge in [0.25, 0.3) is 0 Å². The van der Waals surface area contributed by atoms with Crippen LogP contribution in [0, 0.1) is 0 Å². The number of benzene rings is 1. The van der Waals surface area contributed by atoms with Crippen molar-refractivity contribution < 1.29 is 4.79 Å². The van der Waals surface area contributed by atoms with Crippen LogP contribution >= 0.6 is 0 Å². The number of nitrogens with one attached hydrogen (secondary N) is 1. The van der Waals surface area contributed by atoms with Gasteiger partial charge in [0.1, 0.15) is 5.66 Å². The van der Waals surface area contributed by atoms with Crippen LogP contribution in [0.25, 0.3) is 0 Å². The van der Waals surface area contributed by atoms with E-state index in [2.05, 4.69) is 5.32 Å². The maximum Gasteiger partial charge on any atom is 0.226 e. The number of rotatable bonds is 0. The first kappa shape index (κ1) is 8.26. The third-order valence-corrected chi connectivity index (χ3v) is 2.33. The lowest BCUT2D eigenvalue weighted by molar-refractivity contribution is -0.123. The summed E-state index contributed by atoms with van der Waals surface area (Å²) < 4.78 is 0. The Morgan fingerprint density at radius 3 is 2.92 bits per heavy atom. The van der Waals surface area contributed by atoms with Crippen LogP contribution in [0.2, 0.25) is 0 Å². The molecule has 68 valence electrons. The average molecular weight is 176 g/mol. The summed E-state index contributed by atoms with van der Waals surface area (Å²) in [7, 11) is 0. The van der Waals surface area contributed by atoms with E-state index in [0.717, 1.165) is 11.1 Å². The van der Waals surface area contributed by atoms with E-state index in [-0.39, 0.29) is 5.91 Å². The lowest BCUT2D eigenvalue weighted by Crippen LogP contribution is -2.54. The molecule has 1 aliphatic heterocycles. The van der Waals surface area contributed by atoms with E-state index in [0.29, 0.717) is 6.42 Å². The van der Waals surface area contributed by atoms with Gasteiger partial charge < -0.3 is 11.1 Å². The monoisotopic (exact) mass is 176 g/mol. The largest absolute Gasteiger partial charge is 0.334 e. The number of fused-ring (bicyclic) bond motifs is 1. The van der Waals surface area contributed by atoms with Crippen LogP contribution in [-0.2, 0) is 16.9 Å². The number of amides is 1. The minimum atomic E-state index is -0.716. The highest BCUT2D eigenvalue weighted by Crippen LogP contribution is 2.23. The molecule has 0 fully saturated rings. The fourth-order valence-electron chi connectivity index (χ4n) is 1.76. The van der Waals surface area contributed by atoms with Gasteiger partial charge in [-0.1, -0.05) is 24.3 Å². The molecule has 1 heterocycles. The van der Waals surface area contributed by atoms with Crippen molar-refractivity contribution in [2.75, 3.05) is 0 Å². The van der Waals surface area contributed by atoms with Crippen molar-refractivity contribution in [3.63, 3.8) is 0 Å². The zero-order valence-corrected chi connectivity index (χ0v) is 7.50. The normalized spacial score (nSPS) is 26.5. The summed E-state index contributed by atoms with van der Waals surface area (Å²) in [6.07, 6.45) is 0.433. The second-order valence-electron chi connectivity index (χ2n) is 3.58. The molecule has 0 radical (unpaired) electrons. The number of nitrogens with two attached hydrogens (primary N) is 1. The standard InChI is InChI=1S/C10H12N2O/c1-10(11)8-5-3-2-4-7(8)6-9(13)12-10/h2-5H,6,11H2,1H3,(H,12,13). The van der Waals surface area contributed by atoms with E-state index >= 15 is 0 Å². The number of carbonyl (C=O) groups excluding carboxylic acids is 1. The molecule has 0 aliphatic carbocycles. The second kappa shape index (κ2) is 2.57. The van der Waals surface area contributed by atoms with E-state index in [9.17, 15) is 4.79 Å². The Kier molecular flexibility index (Phi) is 1.63. The average Bonchev–Trinajstić information content (AvgIpc) is 2.02. The summed E-state index contributed by atoms with van der Waals surface area (Å²) >= 11 is 0.